The van der Waals surface area contributed by atoms with Gasteiger partial charge in [-0.05, 0) is 40.0 Å². The van der Waals surface area contributed by atoms with Gasteiger partial charge in [0.2, 0.25) is 0 Å². The second kappa shape index (κ2) is 9.96. The van der Waals surface area contributed by atoms with Crippen LogP contribution in [0.2, 0.25) is 0 Å². The first-order valence-corrected chi connectivity index (χ1v) is 5.13. The second-order valence-electron chi connectivity index (χ2n) is 3.46. The molecule has 0 fully saturated rings. The lowest BCUT2D eigenvalue weighted by Gasteiger charge is -2.15. The van der Waals surface area contributed by atoms with Crippen LogP contribution in [0, 0.1) is 0 Å². The van der Waals surface area contributed by atoms with E-state index in [4.69, 9.17) is 4.74 Å². The molecule has 0 aromatic rings. The van der Waals surface area contributed by atoms with E-state index >= 15 is 0 Å². The maximum absolute atomic E-state index is 5.01. The summed E-state index contributed by atoms with van der Waals surface area (Å²) in [6, 6.07) is 0. The van der Waals surface area contributed by atoms with E-state index in [1.54, 1.807) is 7.11 Å². The minimum Gasteiger partial charge on any atom is -0.383 e. The molecule has 0 spiro atoms. The highest BCUT2D eigenvalue weighted by atomic mass is 16.5. The van der Waals surface area contributed by atoms with Crippen LogP contribution in [-0.2, 0) is 4.74 Å². The van der Waals surface area contributed by atoms with Crippen LogP contribution in [0.5, 0.6) is 0 Å². The maximum atomic E-state index is 5.01. The highest BCUT2D eigenvalue weighted by Gasteiger charge is 1.96. The summed E-state index contributed by atoms with van der Waals surface area (Å²) in [5.41, 5.74) is 0. The van der Waals surface area contributed by atoms with Gasteiger partial charge in [0.1, 0.15) is 0 Å². The smallest absolute Gasteiger partial charge is 0.0589 e. The van der Waals surface area contributed by atoms with Gasteiger partial charge >= 0.3 is 0 Å². The van der Waals surface area contributed by atoms with E-state index in [-0.39, 0.29) is 0 Å². The Kier molecular flexibility index (Phi) is 9.87. The number of methoxy groups -OCH3 is 1. The molecule has 0 heterocycles. The lowest BCUT2D eigenvalue weighted by Crippen LogP contribution is -2.24. The molecule has 0 aromatic heterocycles. The average Bonchev–Trinajstić information content (AvgIpc) is 2.14. The average molecular weight is 188 g/mol. The summed E-state index contributed by atoms with van der Waals surface area (Å²) in [6.45, 7) is 4.21. The predicted molar refractivity (Wildman–Crippen MR) is 57.2 cm³/mol. The number of ether oxygens (including phenoxy) is 1. The SMILES string of the molecule is CNCCCCCN(C)CCOC. The first-order chi connectivity index (χ1) is 6.31. The van der Waals surface area contributed by atoms with Gasteiger partial charge in [-0.25, -0.2) is 0 Å². The molecule has 0 saturated heterocycles. The molecule has 0 radical (unpaired) electrons. The van der Waals surface area contributed by atoms with E-state index in [2.05, 4.69) is 17.3 Å². The third kappa shape index (κ3) is 9.80. The molecule has 1 N–H and O–H groups in total. The van der Waals surface area contributed by atoms with E-state index in [9.17, 15) is 0 Å². The second-order valence-corrected chi connectivity index (χ2v) is 3.46. The van der Waals surface area contributed by atoms with Crippen molar-refractivity contribution in [2.75, 3.05) is 47.4 Å². The fourth-order valence-electron chi connectivity index (χ4n) is 1.22. The Bertz CT molecular complexity index is 98.9. The molecule has 0 aliphatic rings. The van der Waals surface area contributed by atoms with Crippen LogP contribution >= 0.6 is 0 Å². The summed E-state index contributed by atoms with van der Waals surface area (Å²) in [7, 11) is 5.91. The van der Waals surface area contributed by atoms with Crippen molar-refractivity contribution in [2.45, 2.75) is 19.3 Å². The Morgan fingerprint density at radius 3 is 2.54 bits per heavy atom. The lowest BCUT2D eigenvalue weighted by atomic mass is 10.2. The van der Waals surface area contributed by atoms with Crippen LogP contribution in [-0.4, -0.2) is 52.3 Å². The molecule has 0 unspecified atom stereocenters. The van der Waals surface area contributed by atoms with Crippen molar-refractivity contribution in [3.05, 3.63) is 0 Å². The lowest BCUT2D eigenvalue weighted by molar-refractivity contribution is 0.160. The molecule has 0 aromatic carbocycles. The summed E-state index contributed by atoms with van der Waals surface area (Å²) in [5.74, 6) is 0. The van der Waals surface area contributed by atoms with Crippen molar-refractivity contribution >= 4 is 0 Å². The molecule has 0 rings (SSSR count). The molecule has 0 amide bonds. The van der Waals surface area contributed by atoms with E-state index in [1.165, 1.54) is 25.8 Å². The predicted octanol–water partition coefficient (Wildman–Crippen LogP) is 0.954. The zero-order valence-electron chi connectivity index (χ0n) is 9.31. The van der Waals surface area contributed by atoms with Crippen LogP contribution in [0.15, 0.2) is 0 Å². The number of hydrogen-bond donors (Lipinski definition) is 1. The van der Waals surface area contributed by atoms with E-state index < -0.39 is 0 Å². The first kappa shape index (κ1) is 12.9. The Morgan fingerprint density at radius 1 is 1.15 bits per heavy atom. The van der Waals surface area contributed by atoms with Crippen LogP contribution in [0.4, 0.5) is 0 Å². The van der Waals surface area contributed by atoms with Crippen molar-refractivity contribution in [3.8, 4) is 0 Å². The molecule has 3 heteroatoms. The van der Waals surface area contributed by atoms with Gasteiger partial charge in [0.25, 0.3) is 0 Å². The minimum absolute atomic E-state index is 0.840. The molecule has 0 saturated carbocycles. The number of nitrogens with zero attached hydrogens (tertiary/aromatic N) is 1. The number of hydrogen-bond acceptors (Lipinski definition) is 3. The highest BCUT2D eigenvalue weighted by Crippen LogP contribution is 1.96. The molecule has 0 aliphatic carbocycles. The summed E-state index contributed by atoms with van der Waals surface area (Å²) in [5, 5.41) is 3.16. The molecule has 13 heavy (non-hydrogen) atoms. The summed E-state index contributed by atoms with van der Waals surface area (Å²) < 4.78 is 5.01. The van der Waals surface area contributed by atoms with Gasteiger partial charge in [-0.1, -0.05) is 6.42 Å². The van der Waals surface area contributed by atoms with Crippen molar-refractivity contribution in [1.29, 1.82) is 0 Å². The fraction of sp³-hybridized carbons (Fsp3) is 1.00. The molecule has 80 valence electrons. The van der Waals surface area contributed by atoms with E-state index in [0.717, 1.165) is 19.7 Å². The zero-order chi connectivity index (χ0) is 9.94. The first-order valence-electron chi connectivity index (χ1n) is 5.13. The highest BCUT2D eigenvalue weighted by molar-refractivity contribution is 4.52. The van der Waals surface area contributed by atoms with Gasteiger partial charge in [-0.15, -0.1) is 0 Å². The topological polar surface area (TPSA) is 24.5 Å². The number of unbranched alkanes of at least 4 members (excludes halogenated alkanes) is 2. The molecule has 3 nitrogen and oxygen atoms in total. The van der Waals surface area contributed by atoms with Gasteiger partial charge in [0.15, 0.2) is 0 Å². The maximum Gasteiger partial charge on any atom is 0.0589 e. The summed E-state index contributed by atoms with van der Waals surface area (Å²) in [4.78, 5) is 2.32. The monoisotopic (exact) mass is 188 g/mol. The number of nitrogens with one attached hydrogen (secondary N) is 1. The Labute approximate surface area is 82.4 Å². The Morgan fingerprint density at radius 2 is 1.92 bits per heavy atom. The van der Waals surface area contributed by atoms with E-state index in [0.29, 0.717) is 0 Å². The molecule has 0 aliphatic heterocycles. The molecule has 0 bridgehead atoms. The van der Waals surface area contributed by atoms with Gasteiger partial charge in [0.05, 0.1) is 6.61 Å². The van der Waals surface area contributed by atoms with Crippen molar-refractivity contribution in [3.63, 3.8) is 0 Å². The quantitative estimate of drug-likeness (QED) is 0.545. The van der Waals surface area contributed by atoms with Crippen LogP contribution in [0.3, 0.4) is 0 Å². The normalized spacial score (nSPS) is 11.1. The third-order valence-corrected chi connectivity index (χ3v) is 2.14. The standard InChI is InChI=1S/C10H24N2O/c1-11-7-5-4-6-8-12(2)9-10-13-3/h11H,4-10H2,1-3H3. The van der Waals surface area contributed by atoms with Gasteiger partial charge in [0, 0.05) is 13.7 Å². The largest absolute Gasteiger partial charge is 0.383 e. The zero-order valence-corrected chi connectivity index (χ0v) is 9.31. The fourth-order valence-corrected chi connectivity index (χ4v) is 1.22. The molecular formula is C10H24N2O. The van der Waals surface area contributed by atoms with Gasteiger partial charge in [-0.3, -0.25) is 0 Å². The van der Waals surface area contributed by atoms with Gasteiger partial charge in [-0.2, -0.15) is 0 Å². The Hall–Kier alpha value is -0.120. The minimum atomic E-state index is 0.840. The third-order valence-electron chi connectivity index (χ3n) is 2.14. The van der Waals surface area contributed by atoms with Crippen LogP contribution < -0.4 is 5.32 Å². The Balaban J connectivity index is 3.03. The van der Waals surface area contributed by atoms with Crippen molar-refractivity contribution in [2.24, 2.45) is 0 Å². The molecular weight excluding hydrogens is 164 g/mol. The van der Waals surface area contributed by atoms with Crippen LogP contribution in [0.1, 0.15) is 19.3 Å². The van der Waals surface area contributed by atoms with Crippen LogP contribution in [0.25, 0.3) is 0 Å². The number of likely N-dealkylation sites (N-methyl/N-ethyl adjacent to an activating group) is 1. The van der Waals surface area contributed by atoms with Crippen molar-refractivity contribution < 1.29 is 4.74 Å². The summed E-state index contributed by atoms with van der Waals surface area (Å²) >= 11 is 0. The van der Waals surface area contributed by atoms with Crippen molar-refractivity contribution in [1.82, 2.24) is 10.2 Å². The molecule has 0 atom stereocenters. The summed E-state index contributed by atoms with van der Waals surface area (Å²) in [6.07, 6.45) is 3.90. The van der Waals surface area contributed by atoms with E-state index in [1.807, 2.05) is 7.05 Å². The number of rotatable bonds is 9. The van der Waals surface area contributed by atoms with Gasteiger partial charge < -0.3 is 15.0 Å².